The van der Waals surface area contributed by atoms with Crippen LogP contribution in [0.25, 0.3) is 0 Å². The molecular weight excluding hydrogens is 325 g/mol. The summed E-state index contributed by atoms with van der Waals surface area (Å²) < 4.78 is 39.6. The van der Waals surface area contributed by atoms with Crippen molar-refractivity contribution in [1.82, 2.24) is 5.32 Å². The molecule has 0 bridgehead atoms. The molecule has 5 nitrogen and oxygen atoms in total. The molecule has 0 aromatic heterocycles. The smallest absolute Gasteiger partial charge is 0.422 e. The van der Waals surface area contributed by atoms with E-state index in [0.29, 0.717) is 23.7 Å². The van der Waals surface area contributed by atoms with Crippen molar-refractivity contribution in [1.29, 1.82) is 0 Å². The van der Waals surface area contributed by atoms with E-state index < -0.39 is 31.3 Å². The predicted octanol–water partition coefficient (Wildman–Crippen LogP) is 2.52. The zero-order valence-corrected chi connectivity index (χ0v) is 12.0. The van der Waals surface area contributed by atoms with Crippen LogP contribution in [0.5, 0.6) is 0 Å². The molecule has 1 aliphatic rings. The summed E-state index contributed by atoms with van der Waals surface area (Å²) in [7, 11) is 0. The third-order valence-electron chi connectivity index (χ3n) is 2.99. The Morgan fingerprint density at radius 1 is 1.36 bits per heavy atom. The van der Waals surface area contributed by atoms with Crippen molar-refractivity contribution in [2.45, 2.75) is 12.6 Å². The van der Waals surface area contributed by atoms with E-state index in [1.807, 2.05) is 5.32 Å². The molecule has 1 aromatic carbocycles. The van der Waals surface area contributed by atoms with E-state index in [4.69, 9.17) is 11.6 Å². The lowest BCUT2D eigenvalue weighted by atomic mass is 10.2. The summed E-state index contributed by atoms with van der Waals surface area (Å²) in [6.07, 6.45) is -5.25. The van der Waals surface area contributed by atoms with Crippen LogP contribution in [0, 0.1) is 0 Å². The van der Waals surface area contributed by atoms with Crippen molar-refractivity contribution in [2.75, 3.05) is 24.6 Å². The molecule has 9 heteroatoms. The first-order valence-electron chi connectivity index (χ1n) is 6.32. The highest BCUT2D eigenvalue weighted by atomic mass is 35.5. The molecule has 0 spiro atoms. The average Bonchev–Trinajstić information content (AvgIpc) is 2.84. The molecule has 0 atom stereocenters. The fourth-order valence-electron chi connectivity index (χ4n) is 2.05. The van der Waals surface area contributed by atoms with Crippen LogP contribution < -0.4 is 10.2 Å². The maximum absolute atomic E-state index is 12.0. The zero-order chi connectivity index (χ0) is 16.3. The Hall–Kier alpha value is -1.96. The number of benzene rings is 1. The van der Waals surface area contributed by atoms with Crippen molar-refractivity contribution < 1.29 is 27.5 Å². The zero-order valence-electron chi connectivity index (χ0n) is 11.2. The molecule has 2 amide bonds. The second-order valence-corrected chi connectivity index (χ2v) is 5.05. The third kappa shape index (κ3) is 4.27. The average molecular weight is 337 g/mol. The lowest BCUT2D eigenvalue weighted by Crippen LogP contribution is -2.40. The highest BCUT2D eigenvalue weighted by Gasteiger charge is 2.30. The molecule has 1 aromatic rings. The number of carbonyl (C=O) groups is 2. The number of hydrogen-bond acceptors (Lipinski definition) is 3. The Bertz CT molecular complexity index is 592. The van der Waals surface area contributed by atoms with Gasteiger partial charge < -0.3 is 15.0 Å². The van der Waals surface area contributed by atoms with Crippen LogP contribution in [0.3, 0.4) is 0 Å². The number of anilines is 1. The number of nitrogens with one attached hydrogen (secondary N) is 1. The van der Waals surface area contributed by atoms with Crippen LogP contribution in [0.2, 0.25) is 5.02 Å². The lowest BCUT2D eigenvalue weighted by Gasteiger charge is -2.18. The first-order valence-corrected chi connectivity index (χ1v) is 6.70. The molecule has 1 N–H and O–H groups in total. The van der Waals surface area contributed by atoms with Gasteiger partial charge in [0.25, 0.3) is 0 Å². The van der Waals surface area contributed by atoms with Crippen LogP contribution in [-0.4, -0.2) is 37.9 Å². The molecule has 1 heterocycles. The Balaban J connectivity index is 1.87. The summed E-state index contributed by atoms with van der Waals surface area (Å²) in [5, 5.41) is 2.46. The standard InChI is InChI=1S/C13H12ClF3N2O3/c14-9-2-1-8-3-4-19(10(8)5-9)11(20)6-18-12(21)22-7-13(15,16)17/h1-2,5H,3-4,6-7H2,(H,18,21). The second kappa shape index (κ2) is 6.43. The van der Waals surface area contributed by atoms with Crippen molar-refractivity contribution in [3.63, 3.8) is 0 Å². The van der Waals surface area contributed by atoms with Crippen molar-refractivity contribution in [3.05, 3.63) is 28.8 Å². The minimum Gasteiger partial charge on any atom is -0.440 e. The van der Waals surface area contributed by atoms with Gasteiger partial charge in [0.1, 0.15) is 6.54 Å². The van der Waals surface area contributed by atoms with Crippen LogP contribution >= 0.6 is 11.6 Å². The van der Waals surface area contributed by atoms with E-state index in [2.05, 4.69) is 4.74 Å². The van der Waals surface area contributed by atoms with Crippen molar-refractivity contribution >= 4 is 29.3 Å². The van der Waals surface area contributed by atoms with Gasteiger partial charge >= 0.3 is 12.3 Å². The quantitative estimate of drug-likeness (QED) is 0.922. The number of amides is 2. The number of nitrogens with zero attached hydrogens (tertiary/aromatic N) is 1. The molecule has 120 valence electrons. The summed E-state index contributed by atoms with van der Waals surface area (Å²) in [6.45, 7) is -1.73. The van der Waals surface area contributed by atoms with Gasteiger partial charge in [0.05, 0.1) is 0 Å². The fraction of sp³-hybridized carbons (Fsp3) is 0.385. The minimum atomic E-state index is -4.61. The van der Waals surface area contributed by atoms with Crippen LogP contribution in [0.15, 0.2) is 18.2 Å². The summed E-state index contributed by atoms with van der Waals surface area (Å²) in [4.78, 5) is 24.5. The van der Waals surface area contributed by atoms with Gasteiger partial charge in [-0.3, -0.25) is 4.79 Å². The maximum Gasteiger partial charge on any atom is 0.422 e. The highest BCUT2D eigenvalue weighted by molar-refractivity contribution is 6.31. The summed E-state index contributed by atoms with van der Waals surface area (Å²) in [5.74, 6) is -0.454. The van der Waals surface area contributed by atoms with Gasteiger partial charge in [0.2, 0.25) is 5.91 Å². The Morgan fingerprint density at radius 3 is 2.77 bits per heavy atom. The first kappa shape index (κ1) is 16.4. The third-order valence-corrected chi connectivity index (χ3v) is 3.23. The molecule has 0 saturated heterocycles. The number of alkyl halides is 3. The van der Waals surface area contributed by atoms with Crippen LogP contribution in [0.4, 0.5) is 23.7 Å². The molecule has 0 radical (unpaired) electrons. The first-order chi connectivity index (χ1) is 10.3. The Labute approximate surface area is 129 Å². The minimum absolute atomic E-state index is 0.424. The van der Waals surface area contributed by atoms with Crippen LogP contribution in [-0.2, 0) is 16.0 Å². The monoisotopic (exact) mass is 336 g/mol. The number of carbonyl (C=O) groups excluding carboxylic acids is 2. The lowest BCUT2D eigenvalue weighted by molar-refractivity contribution is -0.160. The number of rotatable bonds is 3. The summed E-state index contributed by atoms with van der Waals surface area (Å²) in [5.41, 5.74) is 1.58. The normalized spacial score (nSPS) is 13.7. The predicted molar refractivity (Wildman–Crippen MR) is 72.9 cm³/mol. The molecule has 0 fully saturated rings. The van der Waals surface area contributed by atoms with Gasteiger partial charge in [-0.2, -0.15) is 13.2 Å². The SMILES string of the molecule is O=C(NCC(=O)N1CCc2ccc(Cl)cc21)OCC(F)(F)F. The Morgan fingerprint density at radius 2 is 2.09 bits per heavy atom. The van der Waals surface area contributed by atoms with Crippen LogP contribution in [0.1, 0.15) is 5.56 Å². The molecule has 0 unspecified atom stereocenters. The second-order valence-electron chi connectivity index (χ2n) is 4.61. The van der Waals surface area contributed by atoms with Gasteiger partial charge in [-0.25, -0.2) is 4.79 Å². The highest BCUT2D eigenvalue weighted by Crippen LogP contribution is 2.30. The number of alkyl carbamates (subject to hydrolysis) is 1. The maximum atomic E-state index is 12.0. The molecular formula is C13H12ClF3N2O3. The van der Waals surface area contributed by atoms with Crippen molar-refractivity contribution in [2.24, 2.45) is 0 Å². The summed E-state index contributed by atoms with van der Waals surface area (Å²) in [6, 6.07) is 5.14. The number of ether oxygens (including phenoxy) is 1. The molecule has 2 rings (SSSR count). The van der Waals surface area contributed by atoms with Gasteiger partial charge in [-0.15, -0.1) is 0 Å². The van der Waals surface area contributed by atoms with Gasteiger partial charge in [-0.05, 0) is 24.1 Å². The molecule has 0 saturated carbocycles. The van der Waals surface area contributed by atoms with E-state index in [1.54, 1.807) is 18.2 Å². The Kier molecular flexibility index (Phi) is 4.80. The van der Waals surface area contributed by atoms with Gasteiger partial charge in [0.15, 0.2) is 6.61 Å². The van der Waals surface area contributed by atoms with Gasteiger partial charge in [0, 0.05) is 17.3 Å². The van der Waals surface area contributed by atoms with E-state index in [-0.39, 0.29) is 0 Å². The van der Waals surface area contributed by atoms with E-state index in [1.165, 1.54) is 4.90 Å². The molecule has 22 heavy (non-hydrogen) atoms. The van der Waals surface area contributed by atoms with Gasteiger partial charge in [-0.1, -0.05) is 17.7 Å². The van der Waals surface area contributed by atoms with E-state index in [0.717, 1.165) is 5.56 Å². The van der Waals surface area contributed by atoms with E-state index in [9.17, 15) is 22.8 Å². The van der Waals surface area contributed by atoms with E-state index >= 15 is 0 Å². The number of halogens is 4. The largest absolute Gasteiger partial charge is 0.440 e. The summed E-state index contributed by atoms with van der Waals surface area (Å²) >= 11 is 5.87. The molecule has 1 aliphatic heterocycles. The topological polar surface area (TPSA) is 58.6 Å². The number of hydrogen-bond donors (Lipinski definition) is 1. The fourth-order valence-corrected chi connectivity index (χ4v) is 2.22. The van der Waals surface area contributed by atoms with Crippen molar-refractivity contribution in [3.8, 4) is 0 Å². The molecule has 0 aliphatic carbocycles. The number of fused-ring (bicyclic) bond motifs is 1.